The Morgan fingerprint density at radius 3 is 2.73 bits per heavy atom. The molecule has 0 bridgehead atoms. The van der Waals surface area contributed by atoms with E-state index in [1.807, 2.05) is 18.3 Å². The van der Waals surface area contributed by atoms with E-state index < -0.39 is 0 Å². The van der Waals surface area contributed by atoms with Gasteiger partial charge in [0.1, 0.15) is 0 Å². The molecule has 0 atom stereocenters. The summed E-state index contributed by atoms with van der Waals surface area (Å²) in [4.78, 5) is 3.12. The van der Waals surface area contributed by atoms with Crippen molar-refractivity contribution in [3.8, 4) is 0 Å². The van der Waals surface area contributed by atoms with Gasteiger partial charge in [0.25, 0.3) is 0 Å². The van der Waals surface area contributed by atoms with Crippen LogP contribution < -0.4 is 0 Å². The molecule has 2 rings (SSSR count). The van der Waals surface area contributed by atoms with Gasteiger partial charge in [0, 0.05) is 0 Å². The zero-order valence-electron chi connectivity index (χ0n) is 5.87. The predicted molar refractivity (Wildman–Crippen MR) is 47.3 cm³/mol. The van der Waals surface area contributed by atoms with Crippen LogP contribution in [0.3, 0.4) is 0 Å². The first-order valence-electron chi connectivity index (χ1n) is 3.44. The van der Waals surface area contributed by atoms with Crippen molar-refractivity contribution in [3.63, 3.8) is 0 Å². The molecule has 1 nitrogen and oxygen atoms in total. The second-order valence-corrected chi connectivity index (χ2v) is 3.25. The summed E-state index contributed by atoms with van der Waals surface area (Å²) in [6.45, 7) is 0. The molecule has 0 fully saturated rings. The quantitative estimate of drug-likeness (QED) is 0.636. The molecular weight excluding hydrogens is 201 g/mol. The molecule has 1 N–H and O–H groups in total. The summed E-state index contributed by atoms with van der Waals surface area (Å²) in [6, 6.07) is 10.3. The third-order valence-corrected chi connectivity index (χ3v) is 2.39. The van der Waals surface area contributed by atoms with Crippen molar-refractivity contribution in [3.05, 3.63) is 40.7 Å². The number of hydrogen-bond donors (Lipinski definition) is 1. The van der Waals surface area contributed by atoms with Crippen LogP contribution in [0, 0.1) is 4.19 Å². The number of aromatic nitrogens is 1. The number of benzene rings is 1. The molecule has 0 spiro atoms. The molecule has 54 valence electrons. The van der Waals surface area contributed by atoms with Crippen LogP contribution in [-0.2, 0) is 0 Å². The minimum absolute atomic E-state index is 1.10. The van der Waals surface area contributed by atoms with E-state index in [0.717, 1.165) is 4.19 Å². The molecule has 0 radical (unpaired) electrons. The second-order valence-electron chi connectivity index (χ2n) is 2.39. The van der Waals surface area contributed by atoms with Crippen molar-refractivity contribution in [1.29, 1.82) is 0 Å². The average molecular weight is 208 g/mol. The van der Waals surface area contributed by atoms with Gasteiger partial charge in [-0.15, -0.1) is 0 Å². The fraction of sp³-hybridized carbons (Fsp3) is 0. The van der Waals surface area contributed by atoms with Gasteiger partial charge in [-0.3, -0.25) is 0 Å². The molecule has 11 heavy (non-hydrogen) atoms. The molecule has 0 saturated heterocycles. The van der Waals surface area contributed by atoms with Gasteiger partial charge in [0.2, 0.25) is 0 Å². The summed E-state index contributed by atoms with van der Waals surface area (Å²) in [5.41, 5.74) is 0. The van der Waals surface area contributed by atoms with Crippen LogP contribution >= 0.6 is 0 Å². The van der Waals surface area contributed by atoms with Crippen molar-refractivity contribution >= 4 is 26.3 Å². The topological polar surface area (TPSA) is 15.8 Å². The Bertz CT molecular complexity index is 425. The number of aromatic amines is 1. The molecule has 1 aromatic heterocycles. The molecule has 0 aliphatic heterocycles. The first-order valence-corrected chi connectivity index (χ1v) is 4.30. The van der Waals surface area contributed by atoms with Gasteiger partial charge in [0.15, 0.2) is 0 Å². The van der Waals surface area contributed by atoms with Crippen LogP contribution in [0.2, 0.25) is 0 Å². The maximum atomic E-state index is 3.12. The number of pyridine rings is 1. The molecule has 0 aliphatic carbocycles. The Morgan fingerprint density at radius 2 is 1.91 bits per heavy atom. The van der Waals surface area contributed by atoms with Gasteiger partial charge in [-0.25, -0.2) is 0 Å². The standard InChI is InChI=1S/C9H7NSe/c11-9-8-4-2-1-3-7(8)5-6-10-9/h1-6H,(H,10,11). The molecule has 2 aromatic rings. The van der Waals surface area contributed by atoms with Crippen molar-refractivity contribution in [2.24, 2.45) is 0 Å². The number of nitrogens with one attached hydrogen (secondary N) is 1. The Labute approximate surface area is 72.4 Å². The zero-order valence-corrected chi connectivity index (χ0v) is 7.59. The molecule has 0 amide bonds. The Morgan fingerprint density at radius 1 is 1.09 bits per heavy atom. The number of rotatable bonds is 0. The molecule has 0 saturated carbocycles. The van der Waals surface area contributed by atoms with Gasteiger partial charge in [-0.1, -0.05) is 0 Å². The fourth-order valence-corrected chi connectivity index (χ4v) is 1.67. The summed E-state index contributed by atoms with van der Waals surface area (Å²) in [5, 5.41) is 2.51. The van der Waals surface area contributed by atoms with E-state index in [9.17, 15) is 0 Å². The number of fused-ring (bicyclic) bond motifs is 1. The summed E-state index contributed by atoms with van der Waals surface area (Å²) < 4.78 is 1.10. The second kappa shape index (κ2) is 2.65. The summed E-state index contributed by atoms with van der Waals surface area (Å²) in [5.74, 6) is 0. The van der Waals surface area contributed by atoms with E-state index in [4.69, 9.17) is 0 Å². The van der Waals surface area contributed by atoms with E-state index in [1.54, 1.807) is 0 Å². The van der Waals surface area contributed by atoms with Crippen LogP contribution in [0.1, 0.15) is 0 Å². The molecule has 0 aliphatic rings. The van der Waals surface area contributed by atoms with Crippen molar-refractivity contribution in [2.45, 2.75) is 0 Å². The molecule has 0 unspecified atom stereocenters. The van der Waals surface area contributed by atoms with E-state index >= 15 is 0 Å². The van der Waals surface area contributed by atoms with E-state index in [1.165, 1.54) is 10.8 Å². The SMILES string of the molecule is [Se]=c1[nH]ccc2ccccc12. The predicted octanol–water partition coefficient (Wildman–Crippen LogP) is 1.87. The van der Waals surface area contributed by atoms with Crippen molar-refractivity contribution in [2.75, 3.05) is 0 Å². The summed E-state index contributed by atoms with van der Waals surface area (Å²) in [6.07, 6.45) is 1.94. The van der Waals surface area contributed by atoms with Crippen LogP contribution in [0.4, 0.5) is 0 Å². The third kappa shape index (κ3) is 1.15. The fourth-order valence-electron chi connectivity index (χ4n) is 1.13. The van der Waals surface area contributed by atoms with E-state index in [-0.39, 0.29) is 0 Å². The Balaban J connectivity index is 3.03. The molecule has 1 aromatic carbocycles. The Kier molecular flexibility index (Phi) is 1.65. The summed E-state index contributed by atoms with van der Waals surface area (Å²) in [7, 11) is 0. The molecule has 1 heterocycles. The molecule has 2 heteroatoms. The molecular formula is C9H7NSe. The third-order valence-electron chi connectivity index (χ3n) is 1.68. The van der Waals surface area contributed by atoms with Crippen LogP contribution in [-0.4, -0.2) is 20.6 Å². The first kappa shape index (κ1) is 6.83. The van der Waals surface area contributed by atoms with Crippen LogP contribution in [0.5, 0.6) is 0 Å². The normalized spacial score (nSPS) is 10.2. The average Bonchev–Trinajstić information content (AvgIpc) is 2.06. The van der Waals surface area contributed by atoms with Gasteiger partial charge in [-0.2, -0.15) is 0 Å². The van der Waals surface area contributed by atoms with Crippen LogP contribution in [0.15, 0.2) is 36.5 Å². The van der Waals surface area contributed by atoms with Gasteiger partial charge in [0.05, 0.1) is 0 Å². The van der Waals surface area contributed by atoms with Crippen molar-refractivity contribution < 1.29 is 0 Å². The number of H-pyrrole nitrogens is 1. The maximum absolute atomic E-state index is 3.12. The van der Waals surface area contributed by atoms with Crippen LogP contribution in [0.25, 0.3) is 10.8 Å². The zero-order chi connectivity index (χ0) is 7.68. The number of hydrogen-bond acceptors (Lipinski definition) is 0. The minimum atomic E-state index is 1.10. The van der Waals surface area contributed by atoms with E-state index in [2.05, 4.69) is 38.8 Å². The van der Waals surface area contributed by atoms with Gasteiger partial charge < -0.3 is 0 Å². The monoisotopic (exact) mass is 209 g/mol. The first-order chi connectivity index (χ1) is 5.38. The van der Waals surface area contributed by atoms with Gasteiger partial charge >= 0.3 is 72.1 Å². The van der Waals surface area contributed by atoms with Crippen molar-refractivity contribution in [1.82, 2.24) is 4.98 Å². The van der Waals surface area contributed by atoms with E-state index in [0.29, 0.717) is 0 Å². The van der Waals surface area contributed by atoms with Gasteiger partial charge in [-0.05, 0) is 0 Å². The Hall–Kier alpha value is -0.851. The summed E-state index contributed by atoms with van der Waals surface area (Å²) >= 11 is 2.99.